The maximum absolute atomic E-state index is 11.5. The van der Waals surface area contributed by atoms with Gasteiger partial charge in [0.1, 0.15) is 0 Å². The molecule has 0 atom stereocenters. The van der Waals surface area contributed by atoms with Gasteiger partial charge in [-0.3, -0.25) is 0 Å². The van der Waals surface area contributed by atoms with Crippen LogP contribution in [0.3, 0.4) is 0 Å². The molecule has 1 heterocycles. The lowest BCUT2D eigenvalue weighted by atomic mass is 10.1. The van der Waals surface area contributed by atoms with E-state index < -0.39 is 0 Å². The first-order valence-electron chi connectivity index (χ1n) is 5.62. The smallest absolute Gasteiger partial charge is 0.317 e. The number of nitrogens with one attached hydrogen (secondary N) is 1. The van der Waals surface area contributed by atoms with E-state index in [-0.39, 0.29) is 12.1 Å². The second kappa shape index (κ2) is 6.63. The predicted octanol–water partition coefficient (Wildman–Crippen LogP) is 0.156. The van der Waals surface area contributed by atoms with E-state index in [9.17, 15) is 4.79 Å². The van der Waals surface area contributed by atoms with Crippen LogP contribution < -0.4 is 11.1 Å². The monoisotopic (exact) mass is 215 g/mol. The third-order valence-corrected chi connectivity index (χ3v) is 2.53. The zero-order valence-electron chi connectivity index (χ0n) is 9.37. The Bertz CT molecular complexity index is 191. The third-order valence-electron chi connectivity index (χ3n) is 2.53. The van der Waals surface area contributed by atoms with Gasteiger partial charge in [-0.15, -0.1) is 0 Å². The van der Waals surface area contributed by atoms with Crippen molar-refractivity contribution in [2.45, 2.75) is 25.9 Å². The topological polar surface area (TPSA) is 67.6 Å². The SMILES string of the molecule is CCNC(=O)N1CCC(OCCN)CC1. The van der Waals surface area contributed by atoms with Crippen molar-refractivity contribution in [3.8, 4) is 0 Å². The molecular formula is C10H21N3O2. The van der Waals surface area contributed by atoms with Crippen LogP contribution in [-0.4, -0.2) is 49.8 Å². The molecule has 1 saturated heterocycles. The number of rotatable bonds is 4. The van der Waals surface area contributed by atoms with Gasteiger partial charge in [-0.25, -0.2) is 4.79 Å². The first-order chi connectivity index (χ1) is 7.27. The van der Waals surface area contributed by atoms with Crippen molar-refractivity contribution in [1.82, 2.24) is 10.2 Å². The summed E-state index contributed by atoms with van der Waals surface area (Å²) >= 11 is 0. The van der Waals surface area contributed by atoms with E-state index in [1.165, 1.54) is 0 Å². The second-order valence-corrected chi connectivity index (χ2v) is 3.68. The average Bonchev–Trinajstić information content (AvgIpc) is 2.27. The summed E-state index contributed by atoms with van der Waals surface area (Å²) in [5, 5.41) is 2.80. The van der Waals surface area contributed by atoms with E-state index in [2.05, 4.69) is 5.32 Å². The number of nitrogens with two attached hydrogens (primary N) is 1. The van der Waals surface area contributed by atoms with E-state index in [0.29, 0.717) is 19.7 Å². The fourth-order valence-electron chi connectivity index (χ4n) is 1.72. The predicted molar refractivity (Wildman–Crippen MR) is 58.7 cm³/mol. The maximum atomic E-state index is 11.5. The van der Waals surface area contributed by atoms with Crippen molar-refractivity contribution in [2.24, 2.45) is 5.73 Å². The Balaban J connectivity index is 2.20. The van der Waals surface area contributed by atoms with Crippen LogP contribution in [0.2, 0.25) is 0 Å². The van der Waals surface area contributed by atoms with E-state index >= 15 is 0 Å². The highest BCUT2D eigenvalue weighted by Gasteiger charge is 2.22. The molecule has 15 heavy (non-hydrogen) atoms. The van der Waals surface area contributed by atoms with Crippen molar-refractivity contribution in [3.63, 3.8) is 0 Å². The lowest BCUT2D eigenvalue weighted by Gasteiger charge is -2.31. The summed E-state index contributed by atoms with van der Waals surface area (Å²) in [5.41, 5.74) is 5.36. The number of nitrogens with zero attached hydrogens (tertiary/aromatic N) is 1. The Kier molecular flexibility index (Phi) is 5.42. The standard InChI is InChI=1S/C10H21N3O2/c1-2-12-10(14)13-6-3-9(4-7-13)15-8-5-11/h9H,2-8,11H2,1H3,(H,12,14). The van der Waals surface area contributed by atoms with E-state index in [1.807, 2.05) is 11.8 Å². The molecule has 0 aromatic carbocycles. The van der Waals surface area contributed by atoms with Crippen LogP contribution in [0.1, 0.15) is 19.8 Å². The van der Waals surface area contributed by atoms with E-state index in [0.717, 1.165) is 25.9 Å². The Labute approximate surface area is 90.9 Å². The summed E-state index contributed by atoms with van der Waals surface area (Å²) in [6, 6.07) is 0.0368. The average molecular weight is 215 g/mol. The summed E-state index contributed by atoms with van der Waals surface area (Å²) in [4.78, 5) is 13.3. The number of piperidine rings is 1. The molecule has 0 radical (unpaired) electrons. The number of hydrogen-bond acceptors (Lipinski definition) is 3. The normalized spacial score (nSPS) is 17.9. The van der Waals surface area contributed by atoms with Crippen LogP contribution in [0.25, 0.3) is 0 Å². The van der Waals surface area contributed by atoms with Gasteiger partial charge in [-0.2, -0.15) is 0 Å². The van der Waals surface area contributed by atoms with Gasteiger partial charge >= 0.3 is 6.03 Å². The van der Waals surface area contributed by atoms with Gasteiger partial charge in [0.05, 0.1) is 12.7 Å². The number of carbonyl (C=O) groups is 1. The molecule has 0 aromatic rings. The summed E-state index contributed by atoms with van der Waals surface area (Å²) in [6.07, 6.45) is 2.10. The molecule has 5 nitrogen and oxygen atoms in total. The molecule has 1 aliphatic rings. The van der Waals surface area contributed by atoms with E-state index in [1.54, 1.807) is 0 Å². The number of carbonyl (C=O) groups excluding carboxylic acids is 1. The van der Waals surface area contributed by atoms with Gasteiger partial charge in [-0.05, 0) is 19.8 Å². The molecule has 2 amide bonds. The first kappa shape index (κ1) is 12.3. The quantitative estimate of drug-likeness (QED) is 0.701. The highest BCUT2D eigenvalue weighted by Crippen LogP contribution is 2.13. The fraction of sp³-hybridized carbons (Fsp3) is 0.900. The van der Waals surface area contributed by atoms with Crippen LogP contribution in [0, 0.1) is 0 Å². The summed E-state index contributed by atoms with van der Waals surface area (Å²) in [5.74, 6) is 0. The van der Waals surface area contributed by atoms with Crippen LogP contribution >= 0.6 is 0 Å². The highest BCUT2D eigenvalue weighted by atomic mass is 16.5. The molecule has 1 fully saturated rings. The minimum Gasteiger partial charge on any atom is -0.377 e. The zero-order valence-corrected chi connectivity index (χ0v) is 9.37. The van der Waals surface area contributed by atoms with Crippen molar-refractivity contribution in [3.05, 3.63) is 0 Å². The fourth-order valence-corrected chi connectivity index (χ4v) is 1.72. The minimum atomic E-state index is 0.0368. The van der Waals surface area contributed by atoms with Gasteiger partial charge in [0.25, 0.3) is 0 Å². The first-order valence-corrected chi connectivity index (χ1v) is 5.62. The van der Waals surface area contributed by atoms with Gasteiger partial charge in [-0.1, -0.05) is 0 Å². The van der Waals surface area contributed by atoms with Crippen molar-refractivity contribution < 1.29 is 9.53 Å². The summed E-state index contributed by atoms with van der Waals surface area (Å²) in [6.45, 7) is 5.35. The molecule has 0 bridgehead atoms. The van der Waals surface area contributed by atoms with Gasteiger partial charge in [0.2, 0.25) is 0 Å². The number of ether oxygens (including phenoxy) is 1. The molecule has 0 unspecified atom stereocenters. The molecule has 1 aliphatic heterocycles. The number of likely N-dealkylation sites (tertiary alicyclic amines) is 1. The molecule has 88 valence electrons. The van der Waals surface area contributed by atoms with Crippen molar-refractivity contribution in [1.29, 1.82) is 0 Å². The molecule has 0 spiro atoms. The molecule has 3 N–H and O–H groups in total. The zero-order chi connectivity index (χ0) is 11.1. The molecule has 5 heteroatoms. The maximum Gasteiger partial charge on any atom is 0.317 e. The third kappa shape index (κ3) is 4.05. The van der Waals surface area contributed by atoms with Crippen LogP contribution in [0.4, 0.5) is 4.79 Å². The van der Waals surface area contributed by atoms with Crippen molar-refractivity contribution >= 4 is 6.03 Å². The molecule has 0 saturated carbocycles. The van der Waals surface area contributed by atoms with Gasteiger partial charge in [0.15, 0.2) is 0 Å². The van der Waals surface area contributed by atoms with Gasteiger partial charge in [0, 0.05) is 26.2 Å². The largest absolute Gasteiger partial charge is 0.377 e. The highest BCUT2D eigenvalue weighted by molar-refractivity contribution is 5.74. The summed E-state index contributed by atoms with van der Waals surface area (Å²) in [7, 11) is 0. The van der Waals surface area contributed by atoms with Crippen LogP contribution in [0.15, 0.2) is 0 Å². The Morgan fingerprint density at radius 3 is 2.73 bits per heavy atom. The van der Waals surface area contributed by atoms with Crippen LogP contribution in [-0.2, 0) is 4.74 Å². The molecular weight excluding hydrogens is 194 g/mol. The molecule has 1 rings (SSSR count). The molecule has 0 aliphatic carbocycles. The Morgan fingerprint density at radius 1 is 1.53 bits per heavy atom. The van der Waals surface area contributed by atoms with Crippen molar-refractivity contribution in [2.75, 3.05) is 32.8 Å². The molecule has 0 aromatic heterocycles. The lowest BCUT2D eigenvalue weighted by molar-refractivity contribution is 0.0191. The number of amides is 2. The summed E-state index contributed by atoms with van der Waals surface area (Å²) < 4.78 is 5.54. The van der Waals surface area contributed by atoms with Gasteiger partial charge < -0.3 is 20.7 Å². The van der Waals surface area contributed by atoms with E-state index in [4.69, 9.17) is 10.5 Å². The minimum absolute atomic E-state index is 0.0368. The number of urea groups is 1. The van der Waals surface area contributed by atoms with Crippen LogP contribution in [0.5, 0.6) is 0 Å². The Hall–Kier alpha value is -0.810. The Morgan fingerprint density at radius 2 is 2.20 bits per heavy atom. The second-order valence-electron chi connectivity index (χ2n) is 3.68. The lowest BCUT2D eigenvalue weighted by Crippen LogP contribution is -2.46. The number of hydrogen-bond donors (Lipinski definition) is 2.